The molecule has 9 nitrogen and oxygen atoms in total. The van der Waals surface area contributed by atoms with E-state index in [0.29, 0.717) is 24.3 Å². The van der Waals surface area contributed by atoms with Gasteiger partial charge in [-0.15, -0.1) is 0 Å². The average molecular weight is 475 g/mol. The molecule has 9 heteroatoms. The molecule has 35 heavy (non-hydrogen) atoms. The maximum atomic E-state index is 12.8. The van der Waals surface area contributed by atoms with Crippen molar-refractivity contribution in [1.82, 2.24) is 24.0 Å². The maximum Gasteiger partial charge on any atom is 0.329 e. The number of fused-ring (bicyclic) bond motifs is 1. The van der Waals surface area contributed by atoms with Crippen LogP contribution in [0, 0.1) is 6.92 Å². The van der Waals surface area contributed by atoms with E-state index < -0.39 is 11.2 Å². The topological polar surface area (TPSA) is 88.4 Å². The molecule has 0 saturated carbocycles. The van der Waals surface area contributed by atoms with Crippen molar-refractivity contribution < 1.29 is 4.74 Å². The van der Waals surface area contributed by atoms with Crippen LogP contribution in [0.2, 0.25) is 0 Å². The quantitative estimate of drug-likeness (QED) is 0.461. The van der Waals surface area contributed by atoms with Crippen LogP contribution in [0.3, 0.4) is 0 Å². The summed E-state index contributed by atoms with van der Waals surface area (Å²) >= 11 is 0. The number of piperazine rings is 1. The summed E-state index contributed by atoms with van der Waals surface area (Å²) in [7, 11) is 3.31. The van der Waals surface area contributed by atoms with Gasteiger partial charge in [0, 0.05) is 45.5 Å². The van der Waals surface area contributed by atoms with E-state index in [1.54, 1.807) is 14.2 Å². The molecule has 0 amide bonds. The second-order valence-electron chi connectivity index (χ2n) is 9.05. The molecular weight excluding hydrogens is 444 g/mol. The van der Waals surface area contributed by atoms with Crippen LogP contribution in [-0.2, 0) is 20.1 Å². The van der Waals surface area contributed by atoms with Crippen molar-refractivity contribution >= 4 is 16.9 Å². The second-order valence-corrected chi connectivity index (χ2v) is 9.05. The third-order valence-electron chi connectivity index (χ3n) is 6.72. The fourth-order valence-corrected chi connectivity index (χ4v) is 4.60. The van der Waals surface area contributed by atoms with E-state index >= 15 is 0 Å². The lowest BCUT2D eigenvalue weighted by atomic mass is 10.1. The molecule has 0 aliphatic carbocycles. The molecule has 0 radical (unpaired) electrons. The number of methoxy groups -OCH3 is 1. The Morgan fingerprint density at radius 3 is 2.29 bits per heavy atom. The van der Waals surface area contributed by atoms with Gasteiger partial charge in [-0.05, 0) is 36.8 Å². The first kappa shape index (κ1) is 22.9. The van der Waals surface area contributed by atoms with Crippen LogP contribution in [0.1, 0.15) is 17.0 Å². The predicted octanol–water partition coefficient (Wildman–Crippen LogP) is 2.11. The number of hydrogen-bond donors (Lipinski definition) is 1. The smallest absolute Gasteiger partial charge is 0.329 e. The fourth-order valence-electron chi connectivity index (χ4n) is 4.60. The van der Waals surface area contributed by atoms with E-state index in [-0.39, 0.29) is 0 Å². The average Bonchev–Trinajstić information content (AvgIpc) is 3.23. The summed E-state index contributed by atoms with van der Waals surface area (Å²) in [6.07, 6.45) is 0. The van der Waals surface area contributed by atoms with E-state index in [1.807, 2.05) is 23.6 Å². The van der Waals surface area contributed by atoms with Gasteiger partial charge in [0.25, 0.3) is 5.56 Å². The second kappa shape index (κ2) is 9.42. The highest BCUT2D eigenvalue weighted by Gasteiger charge is 2.22. The number of H-pyrrole nitrogens is 1. The van der Waals surface area contributed by atoms with Gasteiger partial charge >= 0.3 is 5.69 Å². The monoisotopic (exact) mass is 474 g/mol. The Labute approximate surface area is 203 Å². The van der Waals surface area contributed by atoms with Crippen molar-refractivity contribution in [3.8, 4) is 5.75 Å². The molecule has 5 rings (SSSR count). The van der Waals surface area contributed by atoms with Crippen LogP contribution >= 0.6 is 0 Å². The lowest BCUT2D eigenvalue weighted by Gasteiger charge is -2.36. The molecule has 1 fully saturated rings. The molecule has 0 spiro atoms. The summed E-state index contributed by atoms with van der Waals surface area (Å²) in [4.78, 5) is 36.9. The van der Waals surface area contributed by atoms with Crippen molar-refractivity contribution in [2.45, 2.75) is 20.0 Å². The van der Waals surface area contributed by atoms with Gasteiger partial charge in [-0.1, -0.05) is 29.8 Å². The Hall–Kier alpha value is -3.85. The van der Waals surface area contributed by atoms with Crippen molar-refractivity contribution in [3.63, 3.8) is 0 Å². The first-order valence-electron chi connectivity index (χ1n) is 11.8. The van der Waals surface area contributed by atoms with Crippen LogP contribution in [0.4, 0.5) is 5.69 Å². The van der Waals surface area contributed by atoms with Gasteiger partial charge in [-0.25, -0.2) is 9.78 Å². The summed E-state index contributed by atoms with van der Waals surface area (Å²) in [5.74, 6) is 1.63. The summed E-state index contributed by atoms with van der Waals surface area (Å²) in [5, 5.41) is 0. The Morgan fingerprint density at radius 1 is 0.943 bits per heavy atom. The number of aromatic amines is 1. The Morgan fingerprint density at radius 2 is 1.63 bits per heavy atom. The van der Waals surface area contributed by atoms with E-state index in [9.17, 15) is 9.59 Å². The number of nitrogens with zero attached hydrogens (tertiary/aromatic N) is 5. The zero-order chi connectivity index (χ0) is 24.5. The first-order chi connectivity index (χ1) is 16.9. The molecule has 1 aliphatic heterocycles. The maximum absolute atomic E-state index is 12.8. The molecule has 1 saturated heterocycles. The largest absolute Gasteiger partial charge is 0.497 e. The van der Waals surface area contributed by atoms with Gasteiger partial charge in [0.15, 0.2) is 11.2 Å². The molecule has 0 atom stereocenters. The Kier molecular flexibility index (Phi) is 6.17. The number of aryl methyl sites for hydroxylation is 2. The van der Waals surface area contributed by atoms with Crippen molar-refractivity contribution in [2.24, 2.45) is 7.05 Å². The van der Waals surface area contributed by atoms with Crippen molar-refractivity contribution in [2.75, 3.05) is 38.2 Å². The molecule has 1 N–H and O–H groups in total. The minimum atomic E-state index is -0.456. The van der Waals surface area contributed by atoms with Crippen LogP contribution in [0.5, 0.6) is 5.75 Å². The molecule has 2 aromatic heterocycles. The number of rotatable bonds is 6. The number of hydrogen-bond acceptors (Lipinski definition) is 6. The van der Waals surface area contributed by atoms with Crippen LogP contribution in [0.25, 0.3) is 11.2 Å². The van der Waals surface area contributed by atoms with Crippen molar-refractivity contribution in [1.29, 1.82) is 0 Å². The van der Waals surface area contributed by atoms with Gasteiger partial charge in [0.05, 0.1) is 13.7 Å². The van der Waals surface area contributed by atoms with Crippen LogP contribution < -0.4 is 20.9 Å². The SMILES string of the molecule is COc1ccc(N2CCN(Cc3nc4c(c(=O)[nH]c(=O)n4C)n3Cc3ccc(C)cc3)CC2)cc1. The number of anilines is 1. The van der Waals surface area contributed by atoms with E-state index in [2.05, 4.69) is 51.2 Å². The van der Waals surface area contributed by atoms with Crippen LogP contribution in [-0.4, -0.2) is 57.3 Å². The number of aromatic nitrogens is 4. The third-order valence-corrected chi connectivity index (χ3v) is 6.72. The Bertz CT molecular complexity index is 1440. The summed E-state index contributed by atoms with van der Waals surface area (Å²) < 4.78 is 8.63. The van der Waals surface area contributed by atoms with Gasteiger partial charge in [0.2, 0.25) is 0 Å². The summed E-state index contributed by atoms with van der Waals surface area (Å²) in [5.41, 5.74) is 3.42. The third kappa shape index (κ3) is 4.59. The standard InChI is InChI=1S/C26H30N6O3/c1-18-4-6-19(7-5-18)16-32-22(27-24-23(32)25(33)28-26(34)29(24)2)17-30-12-14-31(15-13-30)20-8-10-21(35-3)11-9-20/h4-11H,12-17H2,1-3H3,(H,28,33,34). The fraction of sp³-hybridized carbons (Fsp3) is 0.346. The normalized spacial score (nSPS) is 14.5. The van der Waals surface area contributed by atoms with Gasteiger partial charge < -0.3 is 14.2 Å². The number of nitrogens with one attached hydrogen (secondary N) is 1. The molecule has 3 heterocycles. The number of benzene rings is 2. The minimum Gasteiger partial charge on any atom is -0.497 e. The minimum absolute atomic E-state index is 0.404. The molecule has 2 aromatic carbocycles. The molecule has 0 unspecified atom stereocenters. The van der Waals surface area contributed by atoms with Gasteiger partial charge in [-0.3, -0.25) is 19.2 Å². The highest BCUT2D eigenvalue weighted by atomic mass is 16.5. The zero-order valence-corrected chi connectivity index (χ0v) is 20.3. The Balaban J connectivity index is 1.41. The van der Waals surface area contributed by atoms with Gasteiger partial charge in [0.1, 0.15) is 11.6 Å². The summed E-state index contributed by atoms with van der Waals surface area (Å²) in [6.45, 7) is 6.69. The lowest BCUT2D eigenvalue weighted by molar-refractivity contribution is 0.241. The lowest BCUT2D eigenvalue weighted by Crippen LogP contribution is -2.46. The molecule has 1 aliphatic rings. The highest BCUT2D eigenvalue weighted by Crippen LogP contribution is 2.22. The number of imidazole rings is 1. The number of ether oxygens (including phenoxy) is 1. The molecular formula is C26H30N6O3. The van der Waals surface area contributed by atoms with E-state index in [0.717, 1.165) is 43.3 Å². The molecule has 4 aromatic rings. The predicted molar refractivity (Wildman–Crippen MR) is 136 cm³/mol. The first-order valence-corrected chi connectivity index (χ1v) is 11.8. The summed E-state index contributed by atoms with van der Waals surface area (Å²) in [6, 6.07) is 16.4. The van der Waals surface area contributed by atoms with Crippen LogP contribution in [0.15, 0.2) is 58.1 Å². The molecule has 182 valence electrons. The van der Waals surface area contributed by atoms with Gasteiger partial charge in [-0.2, -0.15) is 0 Å². The van der Waals surface area contributed by atoms with E-state index in [1.165, 1.54) is 15.8 Å². The van der Waals surface area contributed by atoms with E-state index in [4.69, 9.17) is 9.72 Å². The van der Waals surface area contributed by atoms with Crippen molar-refractivity contribution in [3.05, 3.63) is 86.3 Å². The molecule has 0 bridgehead atoms. The highest BCUT2D eigenvalue weighted by molar-refractivity contribution is 5.71. The zero-order valence-electron chi connectivity index (χ0n) is 20.3.